The second-order valence-corrected chi connectivity index (χ2v) is 27.5. The molecule has 0 aromatic rings. The van der Waals surface area contributed by atoms with Gasteiger partial charge >= 0.3 is 0 Å². The van der Waals surface area contributed by atoms with Gasteiger partial charge in [0.25, 0.3) is 0 Å². The van der Waals surface area contributed by atoms with Crippen LogP contribution in [0.1, 0.15) is 361 Å². The quantitative estimate of drug-likeness (QED) is 0.0204. The molecule has 12 atom stereocenters. The van der Waals surface area contributed by atoms with Crippen molar-refractivity contribution in [1.29, 1.82) is 0 Å². The van der Waals surface area contributed by atoms with Gasteiger partial charge in [-0.05, 0) is 44.9 Å². The lowest BCUT2D eigenvalue weighted by molar-refractivity contribution is -0.359. The highest BCUT2D eigenvalue weighted by Crippen LogP contribution is 2.30. The number of hydrogen-bond acceptors (Lipinski definition) is 13. The molecule has 90 heavy (non-hydrogen) atoms. The van der Waals surface area contributed by atoms with E-state index in [1.165, 1.54) is 276 Å². The molecule has 12 unspecified atom stereocenters. The first-order valence-electron chi connectivity index (χ1n) is 38.6. The van der Waals surface area contributed by atoms with Crippen LogP contribution in [-0.4, -0.2) is 140 Å². The summed E-state index contributed by atoms with van der Waals surface area (Å²) >= 11 is 0. The van der Waals surface area contributed by atoms with Crippen LogP contribution in [-0.2, 0) is 23.7 Å². The number of hydrogen-bond donors (Lipinski definition) is 9. The SMILES string of the molecule is CCCCCCC/C=C\C/C=C\CCCCCCCCCCCCCCCCCCCCCCCC(=O)NC(COC1OC(CO)C(OC2OC(CO)C(O)C(O)C2O)C(O)C1O)C(O)CCCCCCCCCCCCCCCCCCCCCCCCC. The van der Waals surface area contributed by atoms with Crippen molar-refractivity contribution in [1.82, 2.24) is 5.32 Å². The van der Waals surface area contributed by atoms with Crippen molar-refractivity contribution >= 4 is 5.91 Å². The van der Waals surface area contributed by atoms with Gasteiger partial charge in [0.15, 0.2) is 12.6 Å². The third-order valence-electron chi connectivity index (χ3n) is 19.2. The summed E-state index contributed by atoms with van der Waals surface area (Å²) in [6.45, 7) is 2.92. The number of unbranched alkanes of at least 4 members (excludes halogenated alkanes) is 48. The number of ether oxygens (including phenoxy) is 4. The fourth-order valence-electron chi connectivity index (χ4n) is 13.0. The van der Waals surface area contributed by atoms with Gasteiger partial charge in [-0.1, -0.05) is 334 Å². The van der Waals surface area contributed by atoms with Crippen LogP contribution in [0.25, 0.3) is 0 Å². The molecule has 1 amide bonds. The van der Waals surface area contributed by atoms with E-state index in [0.29, 0.717) is 12.8 Å². The van der Waals surface area contributed by atoms with E-state index in [1.807, 2.05) is 0 Å². The Balaban J connectivity index is 1.61. The predicted octanol–water partition coefficient (Wildman–Crippen LogP) is 16.7. The maximum Gasteiger partial charge on any atom is 0.220 e. The minimum atomic E-state index is -1.78. The second-order valence-electron chi connectivity index (χ2n) is 27.5. The zero-order chi connectivity index (χ0) is 65.2. The highest BCUT2D eigenvalue weighted by atomic mass is 16.7. The van der Waals surface area contributed by atoms with E-state index in [-0.39, 0.29) is 12.5 Å². The van der Waals surface area contributed by atoms with Crippen molar-refractivity contribution in [3.05, 3.63) is 24.3 Å². The predicted molar refractivity (Wildman–Crippen MR) is 369 cm³/mol. The van der Waals surface area contributed by atoms with E-state index in [1.54, 1.807) is 0 Å². The molecule has 0 radical (unpaired) electrons. The molecule has 2 aliphatic heterocycles. The number of carbonyl (C=O) groups is 1. The molecular weight excluding hydrogens is 1130 g/mol. The summed E-state index contributed by atoms with van der Waals surface area (Å²) in [5.74, 6) is -0.198. The molecule has 2 heterocycles. The minimum Gasteiger partial charge on any atom is -0.394 e. The van der Waals surface area contributed by atoms with Gasteiger partial charge in [-0.25, -0.2) is 0 Å². The number of aliphatic hydroxyl groups is 8. The molecule has 0 aromatic carbocycles. The van der Waals surface area contributed by atoms with Crippen molar-refractivity contribution in [3.63, 3.8) is 0 Å². The molecule has 0 spiro atoms. The van der Waals surface area contributed by atoms with Gasteiger partial charge in [-0.15, -0.1) is 0 Å². The van der Waals surface area contributed by atoms with Crippen LogP contribution in [0.15, 0.2) is 24.3 Å². The van der Waals surface area contributed by atoms with Gasteiger partial charge in [-0.3, -0.25) is 4.79 Å². The van der Waals surface area contributed by atoms with Crippen LogP contribution < -0.4 is 5.32 Å². The molecule has 9 N–H and O–H groups in total. The molecule has 532 valence electrons. The first kappa shape index (κ1) is 84.6. The standard InChI is InChI=1S/C76H145NO13/c1-3-5-7-9-11-13-15-17-19-21-23-25-27-28-29-30-31-32-33-34-35-36-38-40-42-44-46-48-50-52-54-56-58-60-68(81)77-64(63-87-75-73(86)71(84)74(67(62-79)89-75)90-76-72(85)70(83)69(82)66(61-78)88-76)65(80)59-57-55-53-51-49-47-45-43-41-39-37-26-24-22-20-18-16-14-12-10-8-6-4-2/h15,17,21,23,64-67,69-76,78-80,82-86H,3-14,16,18-20,22,24-63H2,1-2H3,(H,77,81)/b17-15-,23-21-. The van der Waals surface area contributed by atoms with Crippen molar-refractivity contribution in [2.75, 3.05) is 19.8 Å². The third kappa shape index (κ3) is 44.3. The van der Waals surface area contributed by atoms with Gasteiger partial charge < -0.3 is 65.1 Å². The van der Waals surface area contributed by atoms with E-state index in [0.717, 1.165) is 57.8 Å². The molecule has 0 aromatic heterocycles. The lowest BCUT2D eigenvalue weighted by Crippen LogP contribution is -2.65. The van der Waals surface area contributed by atoms with Gasteiger partial charge in [-0.2, -0.15) is 0 Å². The number of aliphatic hydroxyl groups excluding tert-OH is 8. The molecule has 2 fully saturated rings. The molecule has 2 rings (SSSR count). The first-order valence-corrected chi connectivity index (χ1v) is 38.6. The van der Waals surface area contributed by atoms with Gasteiger partial charge in [0.05, 0.1) is 32.0 Å². The number of amides is 1. The zero-order valence-electron chi connectivity index (χ0n) is 58.2. The molecule has 2 aliphatic rings. The summed E-state index contributed by atoms with van der Waals surface area (Å²) in [6, 6.07) is -0.827. The van der Waals surface area contributed by atoms with Crippen molar-refractivity contribution < 1.29 is 64.6 Å². The van der Waals surface area contributed by atoms with Crippen molar-refractivity contribution in [2.45, 2.75) is 434 Å². The molecule has 0 saturated carbocycles. The molecule has 0 aliphatic carbocycles. The Kier molecular flexibility index (Phi) is 57.4. The van der Waals surface area contributed by atoms with Gasteiger partial charge in [0.1, 0.15) is 48.8 Å². The third-order valence-corrected chi connectivity index (χ3v) is 19.2. The fraction of sp³-hybridized carbons (Fsp3) is 0.934. The number of rotatable bonds is 65. The molecule has 14 heteroatoms. The number of allylic oxidation sites excluding steroid dienone is 4. The molecule has 2 saturated heterocycles. The lowest BCUT2D eigenvalue weighted by Gasteiger charge is -2.46. The lowest BCUT2D eigenvalue weighted by atomic mass is 9.97. The topological polar surface area (TPSA) is 228 Å². The van der Waals surface area contributed by atoms with Gasteiger partial charge in [0.2, 0.25) is 5.91 Å². The van der Waals surface area contributed by atoms with E-state index in [4.69, 9.17) is 18.9 Å². The summed E-state index contributed by atoms with van der Waals surface area (Å²) in [4.78, 5) is 13.4. The molecule has 14 nitrogen and oxygen atoms in total. The summed E-state index contributed by atoms with van der Waals surface area (Å²) in [5, 5.41) is 87.8. The zero-order valence-corrected chi connectivity index (χ0v) is 58.2. The van der Waals surface area contributed by atoms with Crippen LogP contribution in [0.3, 0.4) is 0 Å². The largest absolute Gasteiger partial charge is 0.394 e. The maximum atomic E-state index is 13.4. The van der Waals surface area contributed by atoms with Gasteiger partial charge in [0, 0.05) is 6.42 Å². The Morgan fingerprint density at radius 2 is 0.733 bits per heavy atom. The Bertz CT molecular complexity index is 1600. The van der Waals surface area contributed by atoms with E-state index < -0.39 is 86.8 Å². The van der Waals surface area contributed by atoms with Crippen LogP contribution in [0.2, 0.25) is 0 Å². The monoisotopic (exact) mass is 1280 g/mol. The Hall–Kier alpha value is -1.53. The van der Waals surface area contributed by atoms with Crippen LogP contribution in [0.5, 0.6) is 0 Å². The number of carbonyl (C=O) groups excluding carboxylic acids is 1. The highest BCUT2D eigenvalue weighted by Gasteiger charge is 2.51. The molecular formula is C76H145NO13. The smallest absolute Gasteiger partial charge is 0.220 e. The Morgan fingerprint density at radius 3 is 1.11 bits per heavy atom. The summed E-state index contributed by atoms with van der Waals surface area (Å²) in [6.07, 6.45) is 60.7. The fourth-order valence-corrected chi connectivity index (χ4v) is 13.0. The molecule has 0 bridgehead atoms. The summed E-state index contributed by atoms with van der Waals surface area (Å²) in [7, 11) is 0. The van der Waals surface area contributed by atoms with Crippen LogP contribution >= 0.6 is 0 Å². The second kappa shape index (κ2) is 61.1. The van der Waals surface area contributed by atoms with E-state index in [2.05, 4.69) is 43.5 Å². The van der Waals surface area contributed by atoms with Crippen LogP contribution in [0.4, 0.5) is 0 Å². The van der Waals surface area contributed by atoms with Crippen molar-refractivity contribution in [2.24, 2.45) is 0 Å². The maximum absolute atomic E-state index is 13.4. The van der Waals surface area contributed by atoms with E-state index in [9.17, 15) is 45.6 Å². The highest BCUT2D eigenvalue weighted by molar-refractivity contribution is 5.76. The number of nitrogens with one attached hydrogen (secondary N) is 1. The first-order chi connectivity index (χ1) is 44.1. The normalized spacial score (nSPS) is 23.0. The van der Waals surface area contributed by atoms with Crippen molar-refractivity contribution in [3.8, 4) is 0 Å². The van der Waals surface area contributed by atoms with Crippen LogP contribution in [0, 0.1) is 0 Å². The summed E-state index contributed by atoms with van der Waals surface area (Å²) < 4.78 is 23.0. The summed E-state index contributed by atoms with van der Waals surface area (Å²) in [5.41, 5.74) is 0. The average Bonchev–Trinajstić information content (AvgIpc) is 1.41. The minimum absolute atomic E-state index is 0.198. The Morgan fingerprint density at radius 1 is 0.400 bits per heavy atom. The Labute approximate surface area is 551 Å². The average molecular weight is 1280 g/mol. The van der Waals surface area contributed by atoms with E-state index >= 15 is 0 Å².